The van der Waals surface area contributed by atoms with E-state index in [0.29, 0.717) is 21.4 Å². The van der Waals surface area contributed by atoms with E-state index in [4.69, 9.17) is 33.7 Å². The van der Waals surface area contributed by atoms with Crippen LogP contribution in [0.25, 0.3) is 0 Å². The van der Waals surface area contributed by atoms with Gasteiger partial charge in [0.05, 0.1) is 21.5 Å². The Labute approximate surface area is 147 Å². The predicted molar refractivity (Wildman–Crippen MR) is 90.0 cm³/mol. The second-order valence-corrected chi connectivity index (χ2v) is 6.15. The van der Waals surface area contributed by atoms with Crippen molar-refractivity contribution in [3.05, 3.63) is 67.0 Å². The van der Waals surface area contributed by atoms with Crippen LogP contribution >= 0.6 is 23.2 Å². The van der Waals surface area contributed by atoms with Crippen molar-refractivity contribution in [1.29, 1.82) is 5.26 Å². The van der Waals surface area contributed by atoms with Crippen LogP contribution in [0.3, 0.4) is 0 Å². The molecule has 0 saturated heterocycles. The number of halogens is 2. The summed E-state index contributed by atoms with van der Waals surface area (Å²) in [4.78, 5) is 17.0. The number of aromatic nitrogens is 2. The summed E-state index contributed by atoms with van der Waals surface area (Å²) in [6.45, 7) is 1.68. The summed E-state index contributed by atoms with van der Waals surface area (Å²) in [5.74, 6) is -0.232. The van der Waals surface area contributed by atoms with Gasteiger partial charge in [0.2, 0.25) is 11.8 Å². The number of nitriles is 1. The first-order chi connectivity index (χ1) is 11.3. The van der Waals surface area contributed by atoms with Gasteiger partial charge in [0.1, 0.15) is 17.5 Å². The van der Waals surface area contributed by atoms with Crippen molar-refractivity contribution in [2.24, 2.45) is 12.8 Å². The summed E-state index contributed by atoms with van der Waals surface area (Å²) in [6, 6.07) is 6.92. The van der Waals surface area contributed by atoms with Crippen molar-refractivity contribution in [1.82, 2.24) is 9.55 Å². The molecule has 0 bridgehead atoms. The van der Waals surface area contributed by atoms with E-state index < -0.39 is 5.92 Å². The number of allylic oxidation sites excluding steroid dienone is 1. The highest BCUT2D eigenvalue weighted by molar-refractivity contribution is 6.42. The Balaban J connectivity index is 2.35. The van der Waals surface area contributed by atoms with Crippen LogP contribution in [-0.2, 0) is 7.05 Å². The molecule has 1 atom stereocenters. The molecule has 0 fully saturated rings. The van der Waals surface area contributed by atoms with E-state index >= 15 is 0 Å². The van der Waals surface area contributed by atoms with E-state index in [9.17, 15) is 10.1 Å². The van der Waals surface area contributed by atoms with Crippen LogP contribution < -0.4 is 16.0 Å². The number of nitrogens with two attached hydrogens (primary N) is 1. The molecule has 1 aromatic carbocycles. The Morgan fingerprint density at radius 1 is 1.38 bits per heavy atom. The third kappa shape index (κ3) is 2.42. The highest BCUT2D eigenvalue weighted by Gasteiger charge is 2.35. The van der Waals surface area contributed by atoms with E-state index in [1.165, 1.54) is 4.57 Å². The largest absolute Gasteiger partial charge is 0.422 e. The predicted octanol–water partition coefficient (Wildman–Crippen LogP) is 2.61. The van der Waals surface area contributed by atoms with Crippen LogP contribution in [0.1, 0.15) is 22.9 Å². The molecule has 6 nitrogen and oxygen atoms in total. The fourth-order valence-electron chi connectivity index (χ4n) is 2.62. The molecule has 2 aromatic rings. The molecule has 1 aliphatic rings. The van der Waals surface area contributed by atoms with E-state index in [0.717, 1.165) is 0 Å². The Kier molecular flexibility index (Phi) is 3.99. The Hall–Kier alpha value is -2.49. The number of nitrogens with zero attached hydrogens (tertiary/aromatic N) is 3. The van der Waals surface area contributed by atoms with Gasteiger partial charge in [-0.2, -0.15) is 10.2 Å². The number of hydrogen-bond acceptors (Lipinski definition) is 5. The SMILES string of the molecule is Cc1nc2c(c(=O)n1C)[C@H](c1ccc(Cl)c(Cl)c1)C(C#N)=C(N)O2. The number of rotatable bonds is 1. The lowest BCUT2D eigenvalue weighted by Crippen LogP contribution is -2.32. The standard InChI is InChI=1S/C16H12Cl2N4O2/c1-7-21-15-13(16(23)22(7)2)12(9(6-19)14(20)24-15)8-3-4-10(17)11(18)5-8/h3-5,12H,20H2,1-2H3/t12-/m1/s1. The van der Waals surface area contributed by atoms with Gasteiger partial charge < -0.3 is 10.5 Å². The molecule has 2 N–H and O–H groups in total. The fourth-order valence-corrected chi connectivity index (χ4v) is 2.92. The van der Waals surface area contributed by atoms with Crippen molar-refractivity contribution in [2.45, 2.75) is 12.8 Å². The van der Waals surface area contributed by atoms with Gasteiger partial charge in [-0.25, -0.2) is 0 Å². The topological polar surface area (TPSA) is 93.9 Å². The van der Waals surface area contributed by atoms with Crippen LogP contribution in [0, 0.1) is 18.3 Å². The van der Waals surface area contributed by atoms with Crippen molar-refractivity contribution in [3.63, 3.8) is 0 Å². The number of hydrogen-bond donors (Lipinski definition) is 1. The summed E-state index contributed by atoms with van der Waals surface area (Å²) in [5.41, 5.74) is 6.53. The number of aryl methyl sites for hydroxylation is 1. The number of fused-ring (bicyclic) bond motifs is 1. The smallest absolute Gasteiger partial charge is 0.261 e. The summed E-state index contributed by atoms with van der Waals surface area (Å²) in [5, 5.41) is 10.2. The minimum atomic E-state index is -0.722. The first kappa shape index (κ1) is 16.4. The average molecular weight is 363 g/mol. The van der Waals surface area contributed by atoms with Crippen LogP contribution in [0.15, 0.2) is 34.4 Å². The van der Waals surface area contributed by atoms with E-state index in [2.05, 4.69) is 4.98 Å². The number of ether oxygens (including phenoxy) is 1. The molecule has 0 saturated carbocycles. The molecular weight excluding hydrogens is 351 g/mol. The normalized spacial score (nSPS) is 16.4. The summed E-state index contributed by atoms with van der Waals surface area (Å²) in [7, 11) is 1.60. The zero-order chi connectivity index (χ0) is 17.6. The molecule has 0 unspecified atom stereocenters. The Morgan fingerprint density at radius 3 is 2.71 bits per heavy atom. The molecule has 0 aliphatic carbocycles. The minimum Gasteiger partial charge on any atom is -0.422 e. The first-order valence-corrected chi connectivity index (χ1v) is 7.70. The highest BCUT2D eigenvalue weighted by Crippen LogP contribution is 2.40. The maximum Gasteiger partial charge on any atom is 0.261 e. The molecule has 8 heteroatoms. The Bertz CT molecular complexity index is 989. The molecule has 0 spiro atoms. The maximum atomic E-state index is 12.7. The maximum absolute atomic E-state index is 12.7. The first-order valence-electron chi connectivity index (χ1n) is 6.95. The Morgan fingerprint density at radius 2 is 2.08 bits per heavy atom. The molecular formula is C16H12Cl2N4O2. The van der Waals surface area contributed by atoms with Crippen molar-refractivity contribution in [3.8, 4) is 11.9 Å². The quantitative estimate of drug-likeness (QED) is 0.841. The molecule has 1 aromatic heterocycles. The van der Waals surface area contributed by atoms with E-state index in [-0.39, 0.29) is 28.5 Å². The van der Waals surface area contributed by atoms with Crippen LogP contribution in [0.2, 0.25) is 10.0 Å². The third-order valence-electron chi connectivity index (χ3n) is 3.96. The van der Waals surface area contributed by atoms with Crippen molar-refractivity contribution < 1.29 is 4.74 Å². The molecule has 1 aliphatic heterocycles. The fraction of sp³-hybridized carbons (Fsp3) is 0.188. The lowest BCUT2D eigenvalue weighted by atomic mass is 9.85. The van der Waals surface area contributed by atoms with Gasteiger partial charge in [-0.3, -0.25) is 9.36 Å². The lowest BCUT2D eigenvalue weighted by molar-refractivity contribution is 0.371. The zero-order valence-electron chi connectivity index (χ0n) is 12.8. The van der Waals surface area contributed by atoms with Gasteiger partial charge in [-0.1, -0.05) is 29.3 Å². The molecule has 0 radical (unpaired) electrons. The second kappa shape index (κ2) is 5.86. The van der Waals surface area contributed by atoms with Crippen LogP contribution in [-0.4, -0.2) is 9.55 Å². The summed E-state index contributed by atoms with van der Waals surface area (Å²) in [6.07, 6.45) is 0. The third-order valence-corrected chi connectivity index (χ3v) is 4.70. The molecule has 3 rings (SSSR count). The van der Waals surface area contributed by atoms with Gasteiger partial charge >= 0.3 is 0 Å². The molecule has 0 amide bonds. The van der Waals surface area contributed by atoms with Crippen molar-refractivity contribution in [2.75, 3.05) is 0 Å². The molecule has 2 heterocycles. The van der Waals surface area contributed by atoms with Gasteiger partial charge in [0, 0.05) is 7.05 Å². The van der Waals surface area contributed by atoms with Gasteiger partial charge in [-0.15, -0.1) is 0 Å². The average Bonchev–Trinajstić information content (AvgIpc) is 2.54. The highest BCUT2D eigenvalue weighted by atomic mass is 35.5. The summed E-state index contributed by atoms with van der Waals surface area (Å²) < 4.78 is 6.80. The van der Waals surface area contributed by atoms with Crippen LogP contribution in [0.4, 0.5) is 0 Å². The van der Waals surface area contributed by atoms with Gasteiger partial charge in [-0.05, 0) is 24.6 Å². The lowest BCUT2D eigenvalue weighted by Gasteiger charge is -2.26. The van der Waals surface area contributed by atoms with Crippen LogP contribution in [0.5, 0.6) is 5.88 Å². The van der Waals surface area contributed by atoms with Crippen molar-refractivity contribution >= 4 is 23.2 Å². The van der Waals surface area contributed by atoms with E-state index in [1.807, 2.05) is 6.07 Å². The summed E-state index contributed by atoms with van der Waals surface area (Å²) >= 11 is 12.1. The molecule has 122 valence electrons. The number of benzene rings is 1. The van der Waals surface area contributed by atoms with E-state index in [1.54, 1.807) is 32.2 Å². The van der Waals surface area contributed by atoms with Gasteiger partial charge in [0.15, 0.2) is 0 Å². The van der Waals surface area contributed by atoms with Gasteiger partial charge in [0.25, 0.3) is 5.56 Å². The zero-order valence-corrected chi connectivity index (χ0v) is 14.3. The monoisotopic (exact) mass is 362 g/mol. The second-order valence-electron chi connectivity index (χ2n) is 5.34. The minimum absolute atomic E-state index is 0.0822. The molecule has 24 heavy (non-hydrogen) atoms.